The van der Waals surface area contributed by atoms with Gasteiger partial charge in [0.15, 0.2) is 0 Å². The summed E-state index contributed by atoms with van der Waals surface area (Å²) in [4.78, 5) is 4.55. The Kier molecular flexibility index (Phi) is 4.42. The van der Waals surface area contributed by atoms with Crippen LogP contribution < -0.4 is 10.1 Å². The van der Waals surface area contributed by atoms with Gasteiger partial charge in [0.2, 0.25) is 0 Å². The molecule has 0 amide bonds. The van der Waals surface area contributed by atoms with E-state index in [0.29, 0.717) is 0 Å². The van der Waals surface area contributed by atoms with Crippen LogP contribution in [0.25, 0.3) is 0 Å². The van der Waals surface area contributed by atoms with E-state index in [4.69, 9.17) is 4.74 Å². The van der Waals surface area contributed by atoms with Crippen molar-refractivity contribution in [3.63, 3.8) is 0 Å². The summed E-state index contributed by atoms with van der Waals surface area (Å²) in [6.45, 7) is 0.940. The number of aliphatic imine (C=N–C) groups is 1. The van der Waals surface area contributed by atoms with Gasteiger partial charge >= 0.3 is 0 Å². The topological polar surface area (TPSA) is 33.6 Å². The summed E-state index contributed by atoms with van der Waals surface area (Å²) >= 11 is 3.45. The first-order valence-corrected chi connectivity index (χ1v) is 6.73. The predicted molar refractivity (Wildman–Crippen MR) is 75.1 cm³/mol. The molecule has 1 heterocycles. The number of ether oxygens (including phenoxy) is 1. The predicted octanol–water partition coefficient (Wildman–Crippen LogP) is 3.84. The summed E-state index contributed by atoms with van der Waals surface area (Å²) in [5, 5.41) is 3.37. The molecule has 0 fully saturated rings. The van der Waals surface area contributed by atoms with E-state index in [1.165, 1.54) is 19.3 Å². The summed E-state index contributed by atoms with van der Waals surface area (Å²) in [5.41, 5.74) is 1.03. The highest BCUT2D eigenvalue weighted by molar-refractivity contribution is 9.10. The Labute approximate surface area is 110 Å². The van der Waals surface area contributed by atoms with Gasteiger partial charge in [-0.3, -0.25) is 4.99 Å². The zero-order valence-corrected chi connectivity index (χ0v) is 11.6. The van der Waals surface area contributed by atoms with Crippen LogP contribution in [0.15, 0.2) is 27.7 Å². The van der Waals surface area contributed by atoms with Crippen molar-refractivity contribution in [1.82, 2.24) is 0 Å². The van der Waals surface area contributed by atoms with Gasteiger partial charge in [0.25, 0.3) is 0 Å². The minimum atomic E-state index is 0.837. The Hall–Kier alpha value is -1.03. The van der Waals surface area contributed by atoms with Crippen molar-refractivity contribution in [2.75, 3.05) is 19.0 Å². The minimum Gasteiger partial charge on any atom is -0.495 e. The Balaban J connectivity index is 2.09. The number of hydrogen-bond acceptors (Lipinski definition) is 3. The Morgan fingerprint density at radius 2 is 2.18 bits per heavy atom. The van der Waals surface area contributed by atoms with Gasteiger partial charge < -0.3 is 10.1 Å². The summed E-state index contributed by atoms with van der Waals surface area (Å²) in [6, 6.07) is 6.00. The molecule has 4 heteroatoms. The summed E-state index contributed by atoms with van der Waals surface area (Å²) in [7, 11) is 1.67. The summed E-state index contributed by atoms with van der Waals surface area (Å²) < 4.78 is 6.24. The lowest BCUT2D eigenvalue weighted by atomic mass is 10.2. The average Bonchev–Trinajstić information content (AvgIpc) is 2.60. The summed E-state index contributed by atoms with van der Waals surface area (Å²) in [6.07, 6.45) is 4.74. The number of anilines is 1. The quantitative estimate of drug-likeness (QED) is 0.899. The van der Waals surface area contributed by atoms with Crippen molar-refractivity contribution in [3.8, 4) is 5.75 Å². The highest BCUT2D eigenvalue weighted by Crippen LogP contribution is 2.28. The number of amidine groups is 1. The number of nitrogens with zero attached hydrogens (tertiary/aromatic N) is 1. The van der Waals surface area contributed by atoms with Gasteiger partial charge in [-0.1, -0.05) is 6.42 Å². The Morgan fingerprint density at radius 1 is 1.29 bits per heavy atom. The molecule has 3 nitrogen and oxygen atoms in total. The molecule has 1 aromatic rings. The zero-order valence-electron chi connectivity index (χ0n) is 10.0. The van der Waals surface area contributed by atoms with Gasteiger partial charge in [-0.15, -0.1) is 0 Å². The Bertz CT molecular complexity index is 418. The van der Waals surface area contributed by atoms with Gasteiger partial charge in [-0.05, 0) is 40.9 Å². The lowest BCUT2D eigenvalue weighted by molar-refractivity contribution is 0.412. The maximum atomic E-state index is 5.27. The smallest absolute Gasteiger partial charge is 0.135 e. The second-order valence-corrected chi connectivity index (χ2v) is 4.97. The summed E-state index contributed by atoms with van der Waals surface area (Å²) in [5.74, 6) is 1.93. The molecule has 1 aromatic carbocycles. The number of nitrogens with one attached hydrogen (secondary N) is 1. The molecule has 92 valence electrons. The van der Waals surface area contributed by atoms with Crippen molar-refractivity contribution >= 4 is 27.5 Å². The van der Waals surface area contributed by atoms with Crippen LogP contribution >= 0.6 is 15.9 Å². The molecule has 0 radical (unpaired) electrons. The van der Waals surface area contributed by atoms with Crippen LogP contribution in [0.5, 0.6) is 5.75 Å². The molecule has 0 bridgehead atoms. The molecule has 1 N–H and O–H groups in total. The molecule has 0 unspecified atom stereocenters. The third-order valence-corrected chi connectivity index (χ3v) is 3.47. The van der Waals surface area contributed by atoms with E-state index in [9.17, 15) is 0 Å². The fraction of sp³-hybridized carbons (Fsp3) is 0.462. The van der Waals surface area contributed by atoms with Crippen molar-refractivity contribution < 1.29 is 4.74 Å². The maximum absolute atomic E-state index is 5.27. The monoisotopic (exact) mass is 296 g/mol. The van der Waals surface area contributed by atoms with Crippen molar-refractivity contribution in [2.45, 2.75) is 25.7 Å². The number of benzene rings is 1. The maximum Gasteiger partial charge on any atom is 0.135 e. The van der Waals surface area contributed by atoms with Gasteiger partial charge in [-0.2, -0.15) is 0 Å². The van der Waals surface area contributed by atoms with E-state index < -0.39 is 0 Å². The number of halogens is 1. The largest absolute Gasteiger partial charge is 0.495 e. The van der Waals surface area contributed by atoms with E-state index >= 15 is 0 Å². The minimum absolute atomic E-state index is 0.837. The second-order valence-electron chi connectivity index (χ2n) is 4.11. The number of hydrogen-bond donors (Lipinski definition) is 1. The first-order valence-electron chi connectivity index (χ1n) is 5.93. The van der Waals surface area contributed by atoms with Crippen LogP contribution in [0.3, 0.4) is 0 Å². The van der Waals surface area contributed by atoms with Gasteiger partial charge in [-0.25, -0.2) is 0 Å². The van der Waals surface area contributed by atoms with Gasteiger partial charge in [0, 0.05) is 24.7 Å². The van der Waals surface area contributed by atoms with Crippen molar-refractivity contribution in [2.24, 2.45) is 4.99 Å². The molecule has 0 aromatic heterocycles. The average molecular weight is 297 g/mol. The molecule has 0 aliphatic carbocycles. The molecule has 0 saturated heterocycles. The molecule has 1 aliphatic heterocycles. The fourth-order valence-electron chi connectivity index (χ4n) is 1.88. The Morgan fingerprint density at radius 3 is 3.00 bits per heavy atom. The lowest BCUT2D eigenvalue weighted by Crippen LogP contribution is -2.11. The van der Waals surface area contributed by atoms with Crippen molar-refractivity contribution in [3.05, 3.63) is 22.7 Å². The molecule has 0 saturated carbocycles. The van der Waals surface area contributed by atoms with Crippen LogP contribution in [-0.4, -0.2) is 19.5 Å². The van der Waals surface area contributed by atoms with Crippen molar-refractivity contribution in [1.29, 1.82) is 0 Å². The molecule has 0 spiro atoms. The molecule has 2 rings (SSSR count). The normalized spacial score (nSPS) is 16.0. The molecule has 0 atom stereocenters. The highest BCUT2D eigenvalue weighted by Gasteiger charge is 2.06. The first kappa shape index (κ1) is 12.4. The molecular formula is C13H17BrN2O. The molecular weight excluding hydrogens is 280 g/mol. The second kappa shape index (κ2) is 6.05. The fourth-order valence-corrected chi connectivity index (χ4v) is 2.29. The van der Waals surface area contributed by atoms with E-state index in [1.807, 2.05) is 18.2 Å². The first-order chi connectivity index (χ1) is 8.29. The standard InChI is InChI=1S/C13H17BrN2O/c1-17-12-9-10(6-7-11(12)14)16-13-5-3-2-4-8-15-13/h6-7,9H,2-5,8H2,1H3,(H,15,16). The SMILES string of the molecule is COc1cc(NC2=NCCCCC2)ccc1Br. The van der Waals surface area contributed by atoms with Gasteiger partial charge in [0.1, 0.15) is 11.6 Å². The molecule has 17 heavy (non-hydrogen) atoms. The van der Waals surface area contributed by atoms with E-state index in [1.54, 1.807) is 7.11 Å². The van der Waals surface area contributed by atoms with E-state index in [0.717, 1.165) is 34.7 Å². The van der Waals surface area contributed by atoms with Crippen LogP contribution in [0, 0.1) is 0 Å². The van der Waals surface area contributed by atoms with Gasteiger partial charge in [0.05, 0.1) is 11.6 Å². The third kappa shape index (κ3) is 3.46. The molecule has 1 aliphatic rings. The highest BCUT2D eigenvalue weighted by atomic mass is 79.9. The zero-order chi connectivity index (χ0) is 12.1. The van der Waals surface area contributed by atoms with E-state index in [-0.39, 0.29) is 0 Å². The van der Waals surface area contributed by atoms with Crippen LogP contribution in [-0.2, 0) is 0 Å². The lowest BCUT2D eigenvalue weighted by Gasteiger charge is -2.10. The number of methoxy groups -OCH3 is 1. The number of rotatable bonds is 2. The third-order valence-electron chi connectivity index (χ3n) is 2.81. The van der Waals surface area contributed by atoms with E-state index in [2.05, 4.69) is 26.2 Å². The van der Waals surface area contributed by atoms with Crippen LogP contribution in [0.1, 0.15) is 25.7 Å². The van der Waals surface area contributed by atoms with Crippen LogP contribution in [0.2, 0.25) is 0 Å². The van der Waals surface area contributed by atoms with Crippen LogP contribution in [0.4, 0.5) is 5.69 Å².